The van der Waals surface area contributed by atoms with Crippen molar-refractivity contribution in [3.63, 3.8) is 0 Å². The lowest BCUT2D eigenvalue weighted by Gasteiger charge is -2.24. The van der Waals surface area contributed by atoms with Crippen LogP contribution in [0.2, 0.25) is 0 Å². The van der Waals surface area contributed by atoms with Crippen LogP contribution in [0.25, 0.3) is 5.57 Å². The molecule has 1 aromatic heterocycles. The van der Waals surface area contributed by atoms with E-state index in [1.807, 2.05) is 35.7 Å². The van der Waals surface area contributed by atoms with E-state index in [0.29, 0.717) is 5.56 Å². The minimum Gasteiger partial charge on any atom is -0.229 e. The smallest absolute Gasteiger partial charge is 0.173 e. The normalized spacial score (nSPS) is 22.4. The van der Waals surface area contributed by atoms with Gasteiger partial charge in [-0.05, 0) is 40.3 Å². The lowest BCUT2D eigenvalue weighted by atomic mass is 9.86. The van der Waals surface area contributed by atoms with Crippen LogP contribution in [0.1, 0.15) is 10.4 Å². The SMILES string of the molecule is C=C1C=CC(F)(c2ccccc2)C=C1c1cccs1. The Morgan fingerprint density at radius 3 is 2.53 bits per heavy atom. The van der Waals surface area contributed by atoms with E-state index in [-0.39, 0.29) is 0 Å². The Morgan fingerprint density at radius 2 is 1.84 bits per heavy atom. The standard InChI is InChI=1S/C17H13FS/c1-13-9-10-17(18,14-6-3-2-4-7-14)12-15(13)16-8-5-11-19-16/h2-12H,1H2. The molecule has 1 unspecified atom stereocenters. The first-order valence-corrected chi connectivity index (χ1v) is 6.97. The summed E-state index contributed by atoms with van der Waals surface area (Å²) in [5, 5.41) is 1.99. The van der Waals surface area contributed by atoms with Crippen molar-refractivity contribution in [2.75, 3.05) is 0 Å². The van der Waals surface area contributed by atoms with Gasteiger partial charge in [0.05, 0.1) is 0 Å². The predicted molar refractivity (Wildman–Crippen MR) is 79.8 cm³/mol. The summed E-state index contributed by atoms with van der Waals surface area (Å²) in [5.74, 6) is 0. The summed E-state index contributed by atoms with van der Waals surface area (Å²) in [4.78, 5) is 1.05. The van der Waals surface area contributed by atoms with E-state index < -0.39 is 5.67 Å². The van der Waals surface area contributed by atoms with E-state index in [4.69, 9.17) is 0 Å². The van der Waals surface area contributed by atoms with E-state index >= 15 is 4.39 Å². The van der Waals surface area contributed by atoms with Gasteiger partial charge in [0.2, 0.25) is 0 Å². The highest BCUT2D eigenvalue weighted by Gasteiger charge is 2.30. The molecule has 0 saturated carbocycles. The van der Waals surface area contributed by atoms with Crippen LogP contribution in [0.15, 0.2) is 78.2 Å². The zero-order valence-electron chi connectivity index (χ0n) is 10.3. The third-order valence-electron chi connectivity index (χ3n) is 3.23. The van der Waals surface area contributed by atoms with E-state index in [0.717, 1.165) is 16.0 Å². The molecule has 0 N–H and O–H groups in total. The van der Waals surface area contributed by atoms with Crippen molar-refractivity contribution in [2.45, 2.75) is 5.67 Å². The largest absolute Gasteiger partial charge is 0.229 e. The lowest BCUT2D eigenvalue weighted by Crippen LogP contribution is -2.17. The molecule has 2 aromatic rings. The molecular weight excluding hydrogens is 255 g/mol. The maximum Gasteiger partial charge on any atom is 0.173 e. The molecule has 94 valence electrons. The Bertz CT molecular complexity index is 650. The minimum absolute atomic E-state index is 0.646. The number of halogens is 1. The summed E-state index contributed by atoms with van der Waals surface area (Å²) in [6.45, 7) is 4.00. The Morgan fingerprint density at radius 1 is 1.05 bits per heavy atom. The van der Waals surface area contributed by atoms with Gasteiger partial charge >= 0.3 is 0 Å². The van der Waals surface area contributed by atoms with Crippen molar-refractivity contribution in [1.82, 2.24) is 0 Å². The molecule has 1 aliphatic rings. The molecule has 0 nitrogen and oxygen atoms in total. The molecule has 1 heterocycles. The summed E-state index contributed by atoms with van der Waals surface area (Å²) in [5.41, 5.74) is 0.824. The highest BCUT2D eigenvalue weighted by molar-refractivity contribution is 7.11. The van der Waals surface area contributed by atoms with Gasteiger partial charge in [0.25, 0.3) is 0 Å². The summed E-state index contributed by atoms with van der Waals surface area (Å²) in [6.07, 6.45) is 5.00. The molecule has 1 aliphatic carbocycles. The number of hydrogen-bond acceptors (Lipinski definition) is 1. The first-order chi connectivity index (χ1) is 9.19. The molecule has 2 heteroatoms. The first-order valence-electron chi connectivity index (χ1n) is 6.09. The van der Waals surface area contributed by atoms with Crippen LogP contribution in [0.4, 0.5) is 4.39 Å². The van der Waals surface area contributed by atoms with Crippen LogP contribution in [-0.2, 0) is 5.67 Å². The van der Waals surface area contributed by atoms with Gasteiger partial charge in [-0.15, -0.1) is 11.3 Å². The average Bonchev–Trinajstić information content (AvgIpc) is 2.97. The molecule has 3 rings (SSSR count). The van der Waals surface area contributed by atoms with Crippen LogP contribution in [0.3, 0.4) is 0 Å². The number of alkyl halides is 1. The van der Waals surface area contributed by atoms with Crippen molar-refractivity contribution < 1.29 is 4.39 Å². The van der Waals surface area contributed by atoms with Crippen LogP contribution in [0, 0.1) is 0 Å². The van der Waals surface area contributed by atoms with Gasteiger partial charge in [-0.3, -0.25) is 0 Å². The van der Waals surface area contributed by atoms with Crippen LogP contribution in [-0.4, -0.2) is 0 Å². The molecule has 0 radical (unpaired) electrons. The molecular formula is C17H13FS. The fourth-order valence-electron chi connectivity index (χ4n) is 2.20. The number of rotatable bonds is 2. The van der Waals surface area contributed by atoms with Gasteiger partial charge in [-0.2, -0.15) is 0 Å². The van der Waals surface area contributed by atoms with E-state index in [1.54, 1.807) is 41.7 Å². The van der Waals surface area contributed by atoms with E-state index in [9.17, 15) is 0 Å². The van der Waals surface area contributed by atoms with Crippen molar-refractivity contribution >= 4 is 16.9 Å². The molecule has 0 bridgehead atoms. The van der Waals surface area contributed by atoms with Gasteiger partial charge in [0.15, 0.2) is 5.67 Å². The number of benzene rings is 1. The molecule has 1 aromatic carbocycles. The van der Waals surface area contributed by atoms with Gasteiger partial charge in [0.1, 0.15) is 0 Å². The highest BCUT2D eigenvalue weighted by atomic mass is 32.1. The van der Waals surface area contributed by atoms with Gasteiger partial charge in [0, 0.05) is 4.88 Å². The lowest BCUT2D eigenvalue weighted by molar-refractivity contribution is 0.305. The summed E-state index contributed by atoms with van der Waals surface area (Å²) < 4.78 is 15.1. The quantitative estimate of drug-likeness (QED) is 0.709. The number of hydrogen-bond donors (Lipinski definition) is 0. The first kappa shape index (κ1) is 12.1. The molecule has 0 spiro atoms. The Labute approximate surface area is 116 Å². The van der Waals surface area contributed by atoms with Crippen LogP contribution >= 0.6 is 11.3 Å². The van der Waals surface area contributed by atoms with Crippen molar-refractivity contribution in [2.24, 2.45) is 0 Å². The topological polar surface area (TPSA) is 0 Å². The minimum atomic E-state index is -1.55. The van der Waals surface area contributed by atoms with E-state index in [2.05, 4.69) is 6.58 Å². The molecule has 1 atom stereocenters. The van der Waals surface area contributed by atoms with Crippen molar-refractivity contribution in [3.8, 4) is 0 Å². The average molecular weight is 268 g/mol. The highest BCUT2D eigenvalue weighted by Crippen LogP contribution is 2.40. The maximum absolute atomic E-state index is 15.1. The number of thiophene rings is 1. The second-order valence-corrected chi connectivity index (χ2v) is 5.48. The van der Waals surface area contributed by atoms with Crippen LogP contribution in [0.5, 0.6) is 0 Å². The molecule has 19 heavy (non-hydrogen) atoms. The monoisotopic (exact) mass is 268 g/mol. The van der Waals surface area contributed by atoms with Crippen molar-refractivity contribution in [3.05, 3.63) is 88.7 Å². The zero-order chi connectivity index (χ0) is 13.3. The van der Waals surface area contributed by atoms with Gasteiger partial charge < -0.3 is 0 Å². The second-order valence-electron chi connectivity index (χ2n) is 4.53. The fourth-order valence-corrected chi connectivity index (χ4v) is 2.97. The zero-order valence-corrected chi connectivity index (χ0v) is 11.2. The third kappa shape index (κ3) is 2.20. The predicted octanol–water partition coefficient (Wildman–Crippen LogP) is 5.12. The molecule has 0 fully saturated rings. The van der Waals surface area contributed by atoms with Crippen LogP contribution < -0.4 is 0 Å². The fraction of sp³-hybridized carbons (Fsp3) is 0.0588. The third-order valence-corrected chi connectivity index (χ3v) is 4.13. The molecule has 0 aliphatic heterocycles. The summed E-state index contributed by atoms with van der Waals surface area (Å²) in [6, 6.07) is 13.2. The Kier molecular flexibility index (Phi) is 2.96. The second kappa shape index (κ2) is 4.63. The van der Waals surface area contributed by atoms with Crippen molar-refractivity contribution in [1.29, 1.82) is 0 Å². The number of allylic oxidation sites excluding steroid dienone is 5. The van der Waals surface area contributed by atoms with Gasteiger partial charge in [-0.25, -0.2) is 4.39 Å². The summed E-state index contributed by atoms with van der Waals surface area (Å²) >= 11 is 1.60. The molecule has 0 amide bonds. The molecule has 0 saturated heterocycles. The Hall–Kier alpha value is -1.93. The summed E-state index contributed by atoms with van der Waals surface area (Å²) in [7, 11) is 0. The maximum atomic E-state index is 15.1. The van der Waals surface area contributed by atoms with Gasteiger partial charge in [-0.1, -0.05) is 49.1 Å². The Balaban J connectivity index is 2.09. The van der Waals surface area contributed by atoms with E-state index in [1.165, 1.54) is 0 Å².